The topological polar surface area (TPSA) is 15.3 Å². The molecule has 98 valence electrons. The van der Waals surface area contributed by atoms with Crippen LogP contribution in [-0.2, 0) is 6.54 Å². The van der Waals surface area contributed by atoms with E-state index in [1.807, 2.05) is 11.3 Å². The van der Waals surface area contributed by atoms with Crippen molar-refractivity contribution >= 4 is 23.7 Å². The lowest BCUT2D eigenvalue weighted by Crippen LogP contribution is -2.38. The molecular formula is C13H23ClN2S. The Morgan fingerprint density at radius 1 is 1.47 bits per heavy atom. The number of hydrogen-bond acceptors (Lipinski definition) is 3. The second-order valence-electron chi connectivity index (χ2n) is 4.89. The maximum atomic E-state index is 3.55. The van der Waals surface area contributed by atoms with E-state index in [0.29, 0.717) is 6.04 Å². The zero-order valence-corrected chi connectivity index (χ0v) is 12.5. The SMILES string of the molecule is Cc1ccc(CNCC(C)N(C)C2CC2)s1.Cl. The Morgan fingerprint density at radius 3 is 2.71 bits per heavy atom. The van der Waals surface area contributed by atoms with E-state index in [9.17, 15) is 0 Å². The number of aryl methyl sites for hydroxylation is 1. The molecular weight excluding hydrogens is 252 g/mol. The highest BCUT2D eigenvalue weighted by Gasteiger charge is 2.28. The van der Waals surface area contributed by atoms with Crippen molar-refractivity contribution in [3.05, 3.63) is 21.9 Å². The van der Waals surface area contributed by atoms with Crippen molar-refractivity contribution in [1.29, 1.82) is 0 Å². The van der Waals surface area contributed by atoms with Gasteiger partial charge in [0, 0.05) is 34.9 Å². The van der Waals surface area contributed by atoms with Gasteiger partial charge in [-0.15, -0.1) is 23.7 Å². The summed E-state index contributed by atoms with van der Waals surface area (Å²) in [5, 5.41) is 3.55. The van der Waals surface area contributed by atoms with Crippen LogP contribution in [0.5, 0.6) is 0 Å². The lowest BCUT2D eigenvalue weighted by Gasteiger charge is -2.24. The van der Waals surface area contributed by atoms with Crippen LogP contribution < -0.4 is 5.32 Å². The van der Waals surface area contributed by atoms with Crippen LogP contribution in [0.15, 0.2) is 12.1 Å². The van der Waals surface area contributed by atoms with Gasteiger partial charge in [-0.2, -0.15) is 0 Å². The summed E-state index contributed by atoms with van der Waals surface area (Å²) in [5.41, 5.74) is 0. The zero-order valence-electron chi connectivity index (χ0n) is 10.9. The van der Waals surface area contributed by atoms with Gasteiger partial charge in [-0.1, -0.05) is 0 Å². The second kappa shape index (κ2) is 6.74. The summed E-state index contributed by atoms with van der Waals surface area (Å²) in [6.45, 7) is 6.58. The maximum Gasteiger partial charge on any atom is 0.0300 e. The Kier molecular flexibility index (Phi) is 5.93. The Labute approximate surface area is 115 Å². The summed E-state index contributed by atoms with van der Waals surface area (Å²) in [4.78, 5) is 5.35. The third-order valence-electron chi connectivity index (χ3n) is 3.35. The van der Waals surface area contributed by atoms with E-state index in [-0.39, 0.29) is 12.4 Å². The standard InChI is InChI=1S/C13H22N2S.ClH/c1-10(15(3)12-5-6-12)8-14-9-13-7-4-11(2)16-13;/h4,7,10,12,14H,5-6,8-9H2,1-3H3;1H. The fourth-order valence-electron chi connectivity index (χ4n) is 1.97. The molecule has 1 aliphatic rings. The molecule has 0 aliphatic heterocycles. The summed E-state index contributed by atoms with van der Waals surface area (Å²) in [6, 6.07) is 5.93. The molecule has 0 saturated heterocycles. The highest BCUT2D eigenvalue weighted by atomic mass is 35.5. The van der Waals surface area contributed by atoms with Crippen molar-refractivity contribution < 1.29 is 0 Å². The molecule has 0 spiro atoms. The molecule has 2 nitrogen and oxygen atoms in total. The second-order valence-corrected chi connectivity index (χ2v) is 6.26. The van der Waals surface area contributed by atoms with E-state index in [1.54, 1.807) is 0 Å². The van der Waals surface area contributed by atoms with Gasteiger partial charge in [-0.25, -0.2) is 0 Å². The fraction of sp³-hybridized carbons (Fsp3) is 0.692. The predicted octanol–water partition coefficient (Wildman–Crippen LogP) is 3.05. The summed E-state index contributed by atoms with van der Waals surface area (Å²) in [5.74, 6) is 0. The van der Waals surface area contributed by atoms with Gasteiger partial charge in [-0.3, -0.25) is 4.90 Å². The molecule has 1 N–H and O–H groups in total. The highest BCUT2D eigenvalue weighted by Crippen LogP contribution is 2.26. The molecule has 1 saturated carbocycles. The Hall–Kier alpha value is -0.0900. The first kappa shape index (κ1) is 15.0. The van der Waals surface area contributed by atoms with E-state index in [1.165, 1.54) is 22.6 Å². The van der Waals surface area contributed by atoms with Crippen LogP contribution in [0.2, 0.25) is 0 Å². The largest absolute Gasteiger partial charge is 0.310 e. The van der Waals surface area contributed by atoms with Gasteiger partial charge in [0.25, 0.3) is 0 Å². The van der Waals surface area contributed by atoms with E-state index >= 15 is 0 Å². The molecule has 2 rings (SSSR count). The highest BCUT2D eigenvalue weighted by molar-refractivity contribution is 7.11. The molecule has 1 unspecified atom stereocenters. The average Bonchev–Trinajstić information content (AvgIpc) is 3.02. The van der Waals surface area contributed by atoms with E-state index in [4.69, 9.17) is 0 Å². The number of thiophene rings is 1. The van der Waals surface area contributed by atoms with Gasteiger partial charge >= 0.3 is 0 Å². The van der Waals surface area contributed by atoms with Crippen molar-refractivity contribution in [2.75, 3.05) is 13.6 Å². The number of likely N-dealkylation sites (N-methyl/N-ethyl adjacent to an activating group) is 1. The van der Waals surface area contributed by atoms with Gasteiger partial charge in [-0.05, 0) is 45.9 Å². The number of nitrogens with zero attached hydrogens (tertiary/aromatic N) is 1. The van der Waals surface area contributed by atoms with Crippen molar-refractivity contribution in [3.8, 4) is 0 Å². The van der Waals surface area contributed by atoms with E-state index < -0.39 is 0 Å². The van der Waals surface area contributed by atoms with Crippen LogP contribution >= 0.6 is 23.7 Å². The minimum atomic E-state index is 0. The van der Waals surface area contributed by atoms with Crippen LogP contribution in [0.25, 0.3) is 0 Å². The number of halogens is 1. The molecule has 0 radical (unpaired) electrons. The first-order valence-electron chi connectivity index (χ1n) is 6.15. The average molecular weight is 275 g/mol. The van der Waals surface area contributed by atoms with Crippen molar-refractivity contribution in [2.24, 2.45) is 0 Å². The first-order chi connectivity index (χ1) is 7.66. The van der Waals surface area contributed by atoms with Gasteiger partial charge in [0.1, 0.15) is 0 Å². The van der Waals surface area contributed by atoms with Gasteiger partial charge in [0.15, 0.2) is 0 Å². The predicted molar refractivity (Wildman–Crippen MR) is 78.3 cm³/mol. The third-order valence-corrected chi connectivity index (χ3v) is 4.35. The Balaban J connectivity index is 0.00000144. The summed E-state index contributed by atoms with van der Waals surface area (Å²) >= 11 is 1.89. The lowest BCUT2D eigenvalue weighted by molar-refractivity contribution is 0.241. The molecule has 1 heterocycles. The molecule has 0 bridgehead atoms. The first-order valence-corrected chi connectivity index (χ1v) is 6.96. The maximum absolute atomic E-state index is 3.55. The molecule has 4 heteroatoms. The minimum absolute atomic E-state index is 0. The number of rotatable bonds is 6. The Bertz CT molecular complexity index is 336. The smallest absolute Gasteiger partial charge is 0.0300 e. The van der Waals surface area contributed by atoms with Crippen LogP contribution in [-0.4, -0.2) is 30.6 Å². The molecule has 1 aromatic rings. The van der Waals surface area contributed by atoms with E-state index in [0.717, 1.165) is 19.1 Å². The van der Waals surface area contributed by atoms with Crippen LogP contribution in [0.3, 0.4) is 0 Å². The lowest BCUT2D eigenvalue weighted by atomic mass is 10.3. The van der Waals surface area contributed by atoms with Crippen molar-refractivity contribution in [2.45, 2.75) is 45.3 Å². The quantitative estimate of drug-likeness (QED) is 0.858. The normalized spacial score (nSPS) is 16.9. The van der Waals surface area contributed by atoms with Crippen LogP contribution in [0, 0.1) is 6.92 Å². The van der Waals surface area contributed by atoms with Crippen LogP contribution in [0.1, 0.15) is 29.5 Å². The molecule has 17 heavy (non-hydrogen) atoms. The summed E-state index contributed by atoms with van der Waals surface area (Å²) in [7, 11) is 2.25. The van der Waals surface area contributed by atoms with Gasteiger partial charge in [0.2, 0.25) is 0 Å². The molecule has 0 amide bonds. The molecule has 0 aromatic carbocycles. The van der Waals surface area contributed by atoms with E-state index in [2.05, 4.69) is 43.2 Å². The fourth-order valence-corrected chi connectivity index (χ4v) is 2.83. The van der Waals surface area contributed by atoms with Crippen molar-refractivity contribution in [3.63, 3.8) is 0 Å². The summed E-state index contributed by atoms with van der Waals surface area (Å²) < 4.78 is 0. The Morgan fingerprint density at radius 2 is 2.18 bits per heavy atom. The molecule has 1 fully saturated rings. The zero-order chi connectivity index (χ0) is 11.5. The monoisotopic (exact) mass is 274 g/mol. The van der Waals surface area contributed by atoms with Crippen molar-refractivity contribution in [1.82, 2.24) is 10.2 Å². The molecule has 1 atom stereocenters. The molecule has 1 aromatic heterocycles. The van der Waals surface area contributed by atoms with Gasteiger partial charge < -0.3 is 5.32 Å². The van der Waals surface area contributed by atoms with Gasteiger partial charge in [0.05, 0.1) is 0 Å². The third kappa shape index (κ3) is 4.59. The number of hydrogen-bond donors (Lipinski definition) is 1. The summed E-state index contributed by atoms with van der Waals surface area (Å²) in [6.07, 6.45) is 2.79. The minimum Gasteiger partial charge on any atom is -0.310 e. The van der Waals surface area contributed by atoms with Crippen LogP contribution in [0.4, 0.5) is 0 Å². The molecule has 1 aliphatic carbocycles. The number of nitrogens with one attached hydrogen (secondary N) is 1.